The number of benzene rings is 1. The number of aromatic amines is 1. The summed E-state index contributed by atoms with van der Waals surface area (Å²) in [4.78, 5) is 17.2. The van der Waals surface area contributed by atoms with Crippen LogP contribution >= 0.6 is 0 Å². The number of methoxy groups -OCH3 is 1. The zero-order valence-electron chi connectivity index (χ0n) is 16.6. The van der Waals surface area contributed by atoms with E-state index >= 15 is 0 Å². The van der Waals surface area contributed by atoms with Gasteiger partial charge in [0.05, 0.1) is 11.8 Å². The number of hydrogen-bond donors (Lipinski definition) is 2. The molecule has 150 valence electrons. The molecule has 1 aliphatic heterocycles. The third kappa shape index (κ3) is 3.91. The highest BCUT2D eigenvalue weighted by Gasteiger charge is 2.39. The number of nitrogens with zero attached hydrogens (tertiary/aromatic N) is 3. The first-order valence-corrected chi connectivity index (χ1v) is 10.1. The molecule has 0 bridgehead atoms. The van der Waals surface area contributed by atoms with Crippen LogP contribution in [0.15, 0.2) is 36.5 Å². The van der Waals surface area contributed by atoms with Crippen molar-refractivity contribution in [3.05, 3.63) is 36.5 Å². The summed E-state index contributed by atoms with van der Waals surface area (Å²) in [7, 11) is 3.71. The predicted octanol–water partition coefficient (Wildman–Crippen LogP) is 3.18. The lowest BCUT2D eigenvalue weighted by molar-refractivity contribution is 0.0907. The third-order valence-electron chi connectivity index (χ3n) is 6.19. The average molecular weight is 383 g/mol. The Balaban J connectivity index is 1.37. The topological polar surface area (TPSA) is 73.5 Å². The largest absolute Gasteiger partial charge is 0.380 e. The molecule has 4 rings (SSSR count). The minimum Gasteiger partial charge on any atom is -0.380 e. The molecule has 2 amide bonds. The molecule has 2 aliphatic rings. The lowest BCUT2D eigenvalue weighted by atomic mass is 10.1. The Labute approximate surface area is 166 Å². The molecule has 0 radical (unpaired) electrons. The number of aromatic nitrogens is 2. The molecule has 28 heavy (non-hydrogen) atoms. The van der Waals surface area contributed by atoms with E-state index < -0.39 is 0 Å². The Morgan fingerprint density at radius 3 is 2.75 bits per heavy atom. The molecule has 1 saturated heterocycles. The Kier molecular flexibility index (Phi) is 5.64. The normalized spacial score (nSPS) is 25.1. The van der Waals surface area contributed by atoms with Crippen molar-refractivity contribution in [2.75, 3.05) is 32.6 Å². The fraction of sp³-hybridized carbons (Fsp3) is 0.524. The summed E-state index contributed by atoms with van der Waals surface area (Å²) in [6, 6.07) is 10.4. The van der Waals surface area contributed by atoms with Crippen LogP contribution in [0.1, 0.15) is 25.7 Å². The third-order valence-corrected chi connectivity index (χ3v) is 6.19. The maximum Gasteiger partial charge on any atom is 0.321 e. The van der Waals surface area contributed by atoms with Crippen molar-refractivity contribution in [2.45, 2.75) is 43.9 Å². The van der Waals surface area contributed by atoms with Gasteiger partial charge < -0.3 is 15.0 Å². The number of nitrogens with one attached hydrogen (secondary N) is 2. The van der Waals surface area contributed by atoms with Gasteiger partial charge in [0.25, 0.3) is 0 Å². The van der Waals surface area contributed by atoms with Crippen molar-refractivity contribution in [1.29, 1.82) is 0 Å². The summed E-state index contributed by atoms with van der Waals surface area (Å²) >= 11 is 0. The second-order valence-corrected chi connectivity index (χ2v) is 7.80. The zero-order chi connectivity index (χ0) is 19.5. The van der Waals surface area contributed by atoms with Crippen molar-refractivity contribution < 1.29 is 9.53 Å². The number of H-pyrrole nitrogens is 1. The van der Waals surface area contributed by atoms with Crippen LogP contribution in [0, 0.1) is 0 Å². The number of anilines is 1. The molecule has 1 aliphatic carbocycles. The summed E-state index contributed by atoms with van der Waals surface area (Å²) in [5, 5.41) is 9.96. The number of amides is 2. The Morgan fingerprint density at radius 2 is 2.07 bits per heavy atom. The number of carbonyl (C=O) groups excluding carboxylic acids is 1. The lowest BCUT2D eigenvalue weighted by Crippen LogP contribution is -2.50. The smallest absolute Gasteiger partial charge is 0.321 e. The fourth-order valence-corrected chi connectivity index (χ4v) is 4.56. The van der Waals surface area contributed by atoms with Crippen LogP contribution in [-0.4, -0.2) is 71.5 Å². The summed E-state index contributed by atoms with van der Waals surface area (Å²) in [5.41, 5.74) is 2.81. The summed E-state index contributed by atoms with van der Waals surface area (Å²) < 4.78 is 5.52. The second kappa shape index (κ2) is 8.32. The van der Waals surface area contributed by atoms with E-state index in [2.05, 4.69) is 20.4 Å². The van der Waals surface area contributed by atoms with Gasteiger partial charge in [-0.15, -0.1) is 0 Å². The first-order chi connectivity index (χ1) is 13.7. The highest BCUT2D eigenvalue weighted by molar-refractivity contribution is 5.89. The molecular weight excluding hydrogens is 354 g/mol. The minimum atomic E-state index is -0.0475. The van der Waals surface area contributed by atoms with Crippen LogP contribution < -0.4 is 5.32 Å². The summed E-state index contributed by atoms with van der Waals surface area (Å²) in [6.07, 6.45) is 6.51. The van der Waals surface area contributed by atoms with Crippen molar-refractivity contribution in [1.82, 2.24) is 20.0 Å². The summed E-state index contributed by atoms with van der Waals surface area (Å²) in [6.45, 7) is 2.03. The van der Waals surface area contributed by atoms with Crippen molar-refractivity contribution in [3.63, 3.8) is 0 Å². The van der Waals surface area contributed by atoms with Crippen LogP contribution in [0.2, 0.25) is 0 Å². The second-order valence-electron chi connectivity index (χ2n) is 7.80. The molecule has 2 N–H and O–H groups in total. The number of hydrogen-bond acceptors (Lipinski definition) is 4. The SMILES string of the molecule is COC1CCN([C@@H]2CCC[C@@H]2N(C)C(=O)Nc2ccc(-c3ccn[nH]3)cc2)C1. The first-order valence-electron chi connectivity index (χ1n) is 10.1. The monoisotopic (exact) mass is 383 g/mol. The molecule has 0 spiro atoms. The van der Waals surface area contributed by atoms with Gasteiger partial charge in [0.1, 0.15) is 0 Å². The Hall–Kier alpha value is -2.38. The highest BCUT2D eigenvalue weighted by Crippen LogP contribution is 2.31. The van der Waals surface area contributed by atoms with E-state index in [1.165, 1.54) is 6.42 Å². The van der Waals surface area contributed by atoms with Crippen LogP contribution in [0.25, 0.3) is 11.3 Å². The molecule has 2 heterocycles. The molecule has 7 heteroatoms. The van der Waals surface area contributed by atoms with Gasteiger partial charge in [-0.25, -0.2) is 4.79 Å². The number of carbonyl (C=O) groups is 1. The highest BCUT2D eigenvalue weighted by atomic mass is 16.5. The van der Waals surface area contributed by atoms with Crippen LogP contribution in [0.5, 0.6) is 0 Å². The zero-order valence-corrected chi connectivity index (χ0v) is 16.6. The van der Waals surface area contributed by atoms with E-state index in [4.69, 9.17) is 4.74 Å². The van der Waals surface area contributed by atoms with Gasteiger partial charge in [0, 0.05) is 51.2 Å². The number of urea groups is 1. The molecule has 2 aromatic rings. The molecule has 7 nitrogen and oxygen atoms in total. The van der Waals surface area contributed by atoms with Gasteiger partial charge in [-0.2, -0.15) is 5.10 Å². The van der Waals surface area contributed by atoms with Crippen molar-refractivity contribution >= 4 is 11.7 Å². The average Bonchev–Trinajstić information content (AvgIpc) is 3.48. The van der Waals surface area contributed by atoms with Gasteiger partial charge in [0.2, 0.25) is 0 Å². The van der Waals surface area contributed by atoms with Crippen LogP contribution in [0.3, 0.4) is 0 Å². The van der Waals surface area contributed by atoms with Crippen molar-refractivity contribution in [3.8, 4) is 11.3 Å². The number of likely N-dealkylation sites (tertiary alicyclic amines) is 1. The van der Waals surface area contributed by atoms with Gasteiger partial charge in [-0.3, -0.25) is 10.00 Å². The molecule has 1 saturated carbocycles. The quantitative estimate of drug-likeness (QED) is 0.832. The van der Waals surface area contributed by atoms with E-state index in [0.29, 0.717) is 12.1 Å². The van der Waals surface area contributed by atoms with Gasteiger partial charge in [0.15, 0.2) is 0 Å². The van der Waals surface area contributed by atoms with E-state index in [9.17, 15) is 4.79 Å². The molecule has 1 aromatic carbocycles. The van der Waals surface area contributed by atoms with Crippen LogP contribution in [0.4, 0.5) is 10.5 Å². The van der Waals surface area contributed by atoms with E-state index in [1.54, 1.807) is 13.3 Å². The molecule has 2 fully saturated rings. The lowest BCUT2D eigenvalue weighted by Gasteiger charge is -2.35. The Morgan fingerprint density at radius 1 is 1.25 bits per heavy atom. The van der Waals surface area contributed by atoms with E-state index in [1.807, 2.05) is 42.3 Å². The number of ether oxygens (including phenoxy) is 1. The standard InChI is InChI=1S/C21H29N5O2/c1-25(19-4-3-5-20(19)26-13-11-17(14-26)28-2)21(27)23-16-8-6-15(7-9-16)18-10-12-22-24-18/h6-10,12,17,19-20H,3-5,11,13-14H2,1-2H3,(H,22,24)(H,23,27)/t17?,19-,20+/m0/s1. The molecule has 1 aromatic heterocycles. The number of rotatable bonds is 5. The number of likely N-dealkylation sites (N-methyl/N-ethyl adjacent to an activating group) is 1. The predicted molar refractivity (Wildman–Crippen MR) is 109 cm³/mol. The fourth-order valence-electron chi connectivity index (χ4n) is 4.56. The van der Waals surface area contributed by atoms with E-state index in [0.717, 1.165) is 49.3 Å². The van der Waals surface area contributed by atoms with E-state index in [-0.39, 0.29) is 12.1 Å². The minimum absolute atomic E-state index is 0.0475. The maximum absolute atomic E-state index is 12.8. The maximum atomic E-state index is 12.8. The van der Waals surface area contributed by atoms with Gasteiger partial charge >= 0.3 is 6.03 Å². The Bertz CT molecular complexity index is 777. The molecule has 1 unspecified atom stereocenters. The van der Waals surface area contributed by atoms with Crippen LogP contribution in [-0.2, 0) is 4.74 Å². The summed E-state index contributed by atoms with van der Waals surface area (Å²) in [5.74, 6) is 0. The van der Waals surface area contributed by atoms with Gasteiger partial charge in [-0.1, -0.05) is 12.1 Å². The van der Waals surface area contributed by atoms with Crippen molar-refractivity contribution in [2.24, 2.45) is 0 Å². The molecular formula is C21H29N5O2. The molecule has 3 atom stereocenters. The first kappa shape index (κ1) is 19.0. The van der Waals surface area contributed by atoms with Gasteiger partial charge in [-0.05, 0) is 49.4 Å².